The molecule has 3 nitrogen and oxygen atoms in total. The Hall–Kier alpha value is -0.630. The van der Waals surface area contributed by atoms with Crippen molar-refractivity contribution >= 4 is 7.60 Å². The van der Waals surface area contributed by atoms with Gasteiger partial charge in [-0.15, -0.1) is 0 Å². The van der Waals surface area contributed by atoms with E-state index in [0.717, 1.165) is 5.56 Å². The Morgan fingerprint density at radius 1 is 1.18 bits per heavy atom. The molecule has 0 aliphatic carbocycles. The third kappa shape index (κ3) is 5.49. The second kappa shape index (κ2) is 5.81. The first-order chi connectivity index (χ1) is 7.85. The molecule has 1 rings (SSSR count). The summed E-state index contributed by atoms with van der Waals surface area (Å²) in [6, 6.07) is 9.93. The van der Waals surface area contributed by atoms with Gasteiger partial charge in [0.15, 0.2) is 0 Å². The predicted octanol–water partition coefficient (Wildman–Crippen LogP) is 3.88. The topological polar surface area (TPSA) is 35.5 Å². The maximum absolute atomic E-state index is 12.3. The van der Waals surface area contributed by atoms with Crippen LogP contribution in [0.15, 0.2) is 30.3 Å². The van der Waals surface area contributed by atoms with Crippen molar-refractivity contribution in [3.05, 3.63) is 35.9 Å². The van der Waals surface area contributed by atoms with E-state index in [4.69, 9.17) is 9.05 Å². The molecular weight excluding hydrogens is 235 g/mol. The molecule has 0 saturated carbocycles. The number of hydrogen-bond acceptors (Lipinski definition) is 3. The van der Waals surface area contributed by atoms with Crippen LogP contribution in [-0.2, 0) is 20.0 Å². The molecule has 0 heterocycles. The van der Waals surface area contributed by atoms with E-state index in [2.05, 4.69) is 0 Å². The second-order valence-electron chi connectivity index (χ2n) is 4.96. The molecule has 96 valence electrons. The van der Waals surface area contributed by atoms with E-state index in [9.17, 15) is 4.57 Å². The average Bonchev–Trinajstić information content (AvgIpc) is 2.26. The van der Waals surface area contributed by atoms with Gasteiger partial charge in [-0.2, -0.15) is 0 Å². The molecule has 0 aliphatic heterocycles. The van der Waals surface area contributed by atoms with Gasteiger partial charge in [0, 0.05) is 7.11 Å². The lowest BCUT2D eigenvalue weighted by molar-refractivity contribution is 0.103. The largest absolute Gasteiger partial charge is 0.331 e. The molecule has 1 aromatic carbocycles. The molecule has 0 fully saturated rings. The maximum Gasteiger partial charge on any atom is 0.331 e. The van der Waals surface area contributed by atoms with Crippen molar-refractivity contribution in [1.82, 2.24) is 0 Å². The Bertz CT molecular complexity index is 381. The Kier molecular flexibility index (Phi) is 4.93. The normalized spacial score (nSPS) is 15.5. The Morgan fingerprint density at radius 2 is 1.76 bits per heavy atom. The molecule has 0 aliphatic rings. The van der Waals surface area contributed by atoms with Crippen LogP contribution in [0.5, 0.6) is 0 Å². The summed E-state index contributed by atoms with van der Waals surface area (Å²) in [5.41, 5.74) is 0.685. The Morgan fingerprint density at radius 3 is 2.24 bits per heavy atom. The van der Waals surface area contributed by atoms with E-state index in [-0.39, 0.29) is 0 Å². The van der Waals surface area contributed by atoms with Gasteiger partial charge in [0.25, 0.3) is 0 Å². The molecule has 0 saturated heterocycles. The summed E-state index contributed by atoms with van der Waals surface area (Å²) < 4.78 is 22.9. The molecular formula is C13H21O3P. The molecule has 1 aromatic rings. The van der Waals surface area contributed by atoms with Crippen LogP contribution in [0.2, 0.25) is 0 Å². The van der Waals surface area contributed by atoms with E-state index in [1.54, 1.807) is 0 Å². The Labute approximate surface area is 104 Å². The standard InChI is InChI=1S/C13H21O3P/c1-13(2,3)16-17(14,15-4)11-10-12-8-6-5-7-9-12/h5-9H,10-11H2,1-4H3. The minimum atomic E-state index is -2.99. The molecule has 1 unspecified atom stereocenters. The maximum atomic E-state index is 12.3. The van der Waals surface area contributed by atoms with Crippen molar-refractivity contribution in [3.63, 3.8) is 0 Å². The first-order valence-electron chi connectivity index (χ1n) is 5.74. The average molecular weight is 256 g/mol. The lowest BCUT2D eigenvalue weighted by Gasteiger charge is -2.26. The fourth-order valence-corrected chi connectivity index (χ4v) is 3.22. The van der Waals surface area contributed by atoms with Crippen LogP contribution < -0.4 is 0 Å². The smallest absolute Gasteiger partial charge is 0.312 e. The van der Waals surface area contributed by atoms with E-state index in [1.807, 2.05) is 51.1 Å². The van der Waals surface area contributed by atoms with Gasteiger partial charge in [0.05, 0.1) is 11.8 Å². The van der Waals surface area contributed by atoms with Gasteiger partial charge in [-0.1, -0.05) is 30.3 Å². The summed E-state index contributed by atoms with van der Waals surface area (Å²) in [6.45, 7) is 5.63. The molecule has 0 spiro atoms. The molecule has 0 aromatic heterocycles. The van der Waals surface area contributed by atoms with Gasteiger partial charge in [-0.25, -0.2) is 0 Å². The second-order valence-corrected chi connectivity index (χ2v) is 7.17. The van der Waals surface area contributed by atoms with E-state index in [1.165, 1.54) is 7.11 Å². The third-order valence-electron chi connectivity index (χ3n) is 2.21. The monoisotopic (exact) mass is 256 g/mol. The van der Waals surface area contributed by atoms with Crippen LogP contribution in [-0.4, -0.2) is 18.9 Å². The predicted molar refractivity (Wildman–Crippen MR) is 70.5 cm³/mol. The number of aryl methyl sites for hydroxylation is 1. The van der Waals surface area contributed by atoms with Gasteiger partial charge < -0.3 is 9.05 Å². The van der Waals surface area contributed by atoms with Crippen molar-refractivity contribution in [2.75, 3.05) is 13.3 Å². The van der Waals surface area contributed by atoms with Crippen LogP contribution in [0.3, 0.4) is 0 Å². The number of rotatable bonds is 5. The summed E-state index contributed by atoms with van der Waals surface area (Å²) in [5.74, 6) is 0. The fraction of sp³-hybridized carbons (Fsp3) is 0.538. The third-order valence-corrected chi connectivity index (χ3v) is 4.36. The van der Waals surface area contributed by atoms with Crippen molar-refractivity contribution < 1.29 is 13.6 Å². The number of benzene rings is 1. The van der Waals surface area contributed by atoms with E-state index >= 15 is 0 Å². The highest BCUT2D eigenvalue weighted by Gasteiger charge is 2.29. The van der Waals surface area contributed by atoms with Crippen LogP contribution in [0.4, 0.5) is 0 Å². The summed E-state index contributed by atoms with van der Waals surface area (Å²) >= 11 is 0. The molecule has 4 heteroatoms. The minimum Gasteiger partial charge on any atom is -0.312 e. The molecule has 17 heavy (non-hydrogen) atoms. The lowest BCUT2D eigenvalue weighted by atomic mass is 10.2. The molecule has 0 N–H and O–H groups in total. The zero-order valence-corrected chi connectivity index (χ0v) is 11.9. The van der Waals surface area contributed by atoms with Crippen LogP contribution in [0.25, 0.3) is 0 Å². The molecule has 0 bridgehead atoms. The van der Waals surface area contributed by atoms with Crippen LogP contribution in [0.1, 0.15) is 26.3 Å². The van der Waals surface area contributed by atoms with E-state index in [0.29, 0.717) is 12.6 Å². The minimum absolute atomic E-state index is 0.408. The highest BCUT2D eigenvalue weighted by atomic mass is 31.2. The van der Waals surface area contributed by atoms with Crippen molar-refractivity contribution in [1.29, 1.82) is 0 Å². The summed E-state index contributed by atoms with van der Waals surface area (Å²) in [7, 11) is -1.55. The summed E-state index contributed by atoms with van der Waals surface area (Å²) in [5, 5.41) is 0. The number of hydrogen-bond donors (Lipinski definition) is 0. The molecule has 1 atom stereocenters. The van der Waals surface area contributed by atoms with Gasteiger partial charge >= 0.3 is 7.60 Å². The van der Waals surface area contributed by atoms with Crippen molar-refractivity contribution in [2.24, 2.45) is 0 Å². The summed E-state index contributed by atoms with van der Waals surface area (Å²) in [6.07, 6.45) is 1.10. The lowest BCUT2D eigenvalue weighted by Crippen LogP contribution is -2.19. The van der Waals surface area contributed by atoms with Crippen molar-refractivity contribution in [2.45, 2.75) is 32.8 Å². The van der Waals surface area contributed by atoms with Gasteiger partial charge in [0.1, 0.15) is 0 Å². The first kappa shape index (κ1) is 14.4. The van der Waals surface area contributed by atoms with Crippen LogP contribution >= 0.6 is 7.60 Å². The van der Waals surface area contributed by atoms with Gasteiger partial charge in [0.2, 0.25) is 0 Å². The molecule has 0 radical (unpaired) electrons. The van der Waals surface area contributed by atoms with E-state index < -0.39 is 13.2 Å². The summed E-state index contributed by atoms with van der Waals surface area (Å²) in [4.78, 5) is 0. The van der Waals surface area contributed by atoms with Gasteiger partial charge in [-0.05, 0) is 32.8 Å². The van der Waals surface area contributed by atoms with Crippen molar-refractivity contribution in [3.8, 4) is 0 Å². The van der Waals surface area contributed by atoms with Crippen LogP contribution in [0, 0.1) is 0 Å². The highest BCUT2D eigenvalue weighted by molar-refractivity contribution is 7.53. The zero-order valence-electron chi connectivity index (χ0n) is 11.0. The quantitative estimate of drug-likeness (QED) is 0.750. The highest BCUT2D eigenvalue weighted by Crippen LogP contribution is 2.50. The first-order valence-corrected chi connectivity index (χ1v) is 7.47. The Balaban J connectivity index is 2.61. The SMILES string of the molecule is COP(=O)(CCc1ccccc1)OC(C)(C)C. The zero-order chi connectivity index (χ0) is 12.9. The van der Waals surface area contributed by atoms with Gasteiger partial charge in [-0.3, -0.25) is 4.57 Å². The molecule has 0 amide bonds. The fourth-order valence-electron chi connectivity index (χ4n) is 1.50.